The summed E-state index contributed by atoms with van der Waals surface area (Å²) in [5, 5.41) is 11.7. The van der Waals surface area contributed by atoms with Gasteiger partial charge in [-0.25, -0.2) is 0 Å². The van der Waals surface area contributed by atoms with Crippen molar-refractivity contribution in [3.8, 4) is 0 Å². The van der Waals surface area contributed by atoms with Gasteiger partial charge in [-0.05, 0) is 6.42 Å². The van der Waals surface area contributed by atoms with Gasteiger partial charge in [-0.15, -0.1) is 0 Å². The molecule has 6 heteroatoms. The van der Waals surface area contributed by atoms with Gasteiger partial charge in [0.1, 0.15) is 0 Å². The smallest absolute Gasteiger partial charge is 0.233 e. The van der Waals surface area contributed by atoms with E-state index in [2.05, 4.69) is 21.3 Å². The molecule has 0 aliphatic carbocycles. The molecule has 0 rings (SSSR count). The van der Waals surface area contributed by atoms with E-state index >= 15 is 0 Å². The van der Waals surface area contributed by atoms with Gasteiger partial charge >= 0.3 is 0 Å². The molecule has 0 aromatic heterocycles. The van der Waals surface area contributed by atoms with Crippen molar-refractivity contribution in [3.05, 3.63) is 0 Å². The largest absolute Gasteiger partial charge is 0.355 e. The Kier molecular flexibility index (Phi) is 10.1. The van der Waals surface area contributed by atoms with Crippen LogP contribution in [-0.4, -0.2) is 50.1 Å². The van der Waals surface area contributed by atoms with Crippen LogP contribution in [0.3, 0.4) is 0 Å². The summed E-state index contributed by atoms with van der Waals surface area (Å²) >= 11 is 0. The van der Waals surface area contributed by atoms with Gasteiger partial charge in [0.2, 0.25) is 11.8 Å². The van der Waals surface area contributed by atoms with Crippen LogP contribution in [0.2, 0.25) is 0 Å². The molecule has 0 bridgehead atoms. The predicted molar refractivity (Wildman–Crippen MR) is 76.9 cm³/mol. The fraction of sp³-hybridized carbons (Fsp3) is 0.846. The Hall–Kier alpha value is -1.14. The van der Waals surface area contributed by atoms with Crippen molar-refractivity contribution >= 4 is 11.8 Å². The van der Waals surface area contributed by atoms with Gasteiger partial charge in [0.25, 0.3) is 0 Å². The molecule has 0 atom stereocenters. The average molecular weight is 272 g/mol. The Morgan fingerprint density at radius 1 is 0.789 bits per heavy atom. The summed E-state index contributed by atoms with van der Waals surface area (Å²) in [5.74, 6) is -0.0250. The Labute approximate surface area is 116 Å². The van der Waals surface area contributed by atoms with Crippen molar-refractivity contribution in [1.29, 1.82) is 0 Å². The fourth-order valence-corrected chi connectivity index (χ4v) is 1.26. The highest BCUT2D eigenvalue weighted by molar-refractivity contribution is 5.78. The van der Waals surface area contributed by atoms with Crippen LogP contribution < -0.4 is 21.3 Å². The molecule has 0 unspecified atom stereocenters. The summed E-state index contributed by atoms with van der Waals surface area (Å²) in [7, 11) is 0. The first kappa shape index (κ1) is 17.9. The Balaban J connectivity index is 3.39. The lowest BCUT2D eigenvalue weighted by atomic mass is 10.3. The summed E-state index contributed by atoms with van der Waals surface area (Å²) in [6.45, 7) is 9.81. The zero-order chi connectivity index (χ0) is 14.7. The normalized spacial score (nSPS) is 10.8. The second-order valence-electron chi connectivity index (χ2n) is 5.12. The Morgan fingerprint density at radius 3 is 1.47 bits per heavy atom. The first-order valence-corrected chi connectivity index (χ1v) is 6.92. The van der Waals surface area contributed by atoms with Crippen LogP contribution in [0.25, 0.3) is 0 Å². The molecule has 0 spiro atoms. The van der Waals surface area contributed by atoms with Crippen molar-refractivity contribution in [1.82, 2.24) is 21.3 Å². The minimum absolute atomic E-state index is 0.0125. The monoisotopic (exact) mass is 272 g/mol. The summed E-state index contributed by atoms with van der Waals surface area (Å²) < 4.78 is 0. The van der Waals surface area contributed by atoms with E-state index in [0.717, 1.165) is 6.42 Å². The molecule has 0 aliphatic rings. The topological polar surface area (TPSA) is 82.3 Å². The lowest BCUT2D eigenvalue weighted by molar-refractivity contribution is -0.120. The molecule has 112 valence electrons. The van der Waals surface area contributed by atoms with E-state index < -0.39 is 0 Å². The number of amides is 2. The first-order valence-electron chi connectivity index (χ1n) is 6.92. The molecule has 6 nitrogen and oxygen atoms in total. The van der Waals surface area contributed by atoms with E-state index in [1.165, 1.54) is 0 Å². The summed E-state index contributed by atoms with van der Waals surface area (Å²) in [5.41, 5.74) is 0. The van der Waals surface area contributed by atoms with Gasteiger partial charge < -0.3 is 21.3 Å². The SMILES string of the molecule is CC(C)NCC(=O)NCCCNC(=O)CNC(C)C. The molecule has 0 aliphatic heterocycles. The molecule has 2 amide bonds. The average Bonchev–Trinajstić information content (AvgIpc) is 2.33. The van der Waals surface area contributed by atoms with Crippen LogP contribution in [0.1, 0.15) is 34.1 Å². The third-order valence-electron chi connectivity index (χ3n) is 2.34. The molecule has 0 aromatic carbocycles. The number of hydrogen-bond donors (Lipinski definition) is 4. The molecule has 0 radical (unpaired) electrons. The molecule has 0 aromatic rings. The van der Waals surface area contributed by atoms with Gasteiger partial charge in [-0.1, -0.05) is 27.7 Å². The standard InChI is InChI=1S/C13H28N4O2/c1-10(2)16-8-12(18)14-6-5-7-15-13(19)9-17-11(3)4/h10-11,16-17H,5-9H2,1-4H3,(H,14,18)(H,15,19). The second-order valence-corrected chi connectivity index (χ2v) is 5.12. The molecule has 0 heterocycles. The quantitative estimate of drug-likeness (QED) is 0.408. The highest BCUT2D eigenvalue weighted by atomic mass is 16.2. The third-order valence-corrected chi connectivity index (χ3v) is 2.34. The number of nitrogens with one attached hydrogen (secondary N) is 4. The van der Waals surface area contributed by atoms with E-state index in [1.807, 2.05) is 27.7 Å². The number of carbonyl (C=O) groups is 2. The maximum Gasteiger partial charge on any atom is 0.233 e. The van der Waals surface area contributed by atoms with Gasteiger partial charge in [0.15, 0.2) is 0 Å². The van der Waals surface area contributed by atoms with E-state index in [9.17, 15) is 9.59 Å². The Bertz CT molecular complexity index is 241. The van der Waals surface area contributed by atoms with Crippen LogP contribution in [0.5, 0.6) is 0 Å². The van der Waals surface area contributed by atoms with Gasteiger partial charge in [-0.3, -0.25) is 9.59 Å². The van der Waals surface area contributed by atoms with Crippen molar-refractivity contribution in [2.45, 2.75) is 46.2 Å². The van der Waals surface area contributed by atoms with Crippen LogP contribution >= 0.6 is 0 Å². The number of carbonyl (C=O) groups excluding carboxylic acids is 2. The lowest BCUT2D eigenvalue weighted by Gasteiger charge is -2.10. The Morgan fingerprint density at radius 2 is 1.16 bits per heavy atom. The highest BCUT2D eigenvalue weighted by Gasteiger charge is 2.03. The lowest BCUT2D eigenvalue weighted by Crippen LogP contribution is -2.39. The number of hydrogen-bond acceptors (Lipinski definition) is 4. The van der Waals surface area contributed by atoms with Gasteiger partial charge in [-0.2, -0.15) is 0 Å². The van der Waals surface area contributed by atoms with E-state index in [-0.39, 0.29) is 11.8 Å². The van der Waals surface area contributed by atoms with Gasteiger partial charge in [0, 0.05) is 25.2 Å². The zero-order valence-corrected chi connectivity index (χ0v) is 12.5. The number of rotatable bonds is 10. The third kappa shape index (κ3) is 13.1. The summed E-state index contributed by atoms with van der Waals surface area (Å²) in [4.78, 5) is 22.7. The molecular formula is C13H28N4O2. The molecule has 0 saturated carbocycles. The minimum atomic E-state index is -0.0125. The van der Waals surface area contributed by atoms with Crippen molar-refractivity contribution in [2.24, 2.45) is 0 Å². The van der Waals surface area contributed by atoms with Crippen LogP contribution in [0.15, 0.2) is 0 Å². The minimum Gasteiger partial charge on any atom is -0.355 e. The van der Waals surface area contributed by atoms with Gasteiger partial charge in [0.05, 0.1) is 13.1 Å². The summed E-state index contributed by atoms with van der Waals surface area (Å²) in [6.07, 6.45) is 0.737. The molecule has 4 N–H and O–H groups in total. The predicted octanol–water partition coefficient (Wildman–Crippen LogP) is -0.395. The van der Waals surface area contributed by atoms with E-state index in [0.29, 0.717) is 38.3 Å². The van der Waals surface area contributed by atoms with Crippen LogP contribution in [0.4, 0.5) is 0 Å². The zero-order valence-electron chi connectivity index (χ0n) is 12.5. The van der Waals surface area contributed by atoms with Crippen LogP contribution in [0, 0.1) is 0 Å². The van der Waals surface area contributed by atoms with Crippen molar-refractivity contribution < 1.29 is 9.59 Å². The van der Waals surface area contributed by atoms with Crippen LogP contribution in [-0.2, 0) is 9.59 Å². The maximum atomic E-state index is 11.4. The van der Waals surface area contributed by atoms with E-state index in [1.54, 1.807) is 0 Å². The van der Waals surface area contributed by atoms with Crippen molar-refractivity contribution in [2.75, 3.05) is 26.2 Å². The summed E-state index contributed by atoms with van der Waals surface area (Å²) in [6, 6.07) is 0.608. The second kappa shape index (κ2) is 10.8. The maximum absolute atomic E-state index is 11.4. The fourth-order valence-electron chi connectivity index (χ4n) is 1.26. The molecule has 19 heavy (non-hydrogen) atoms. The van der Waals surface area contributed by atoms with Crippen molar-refractivity contribution in [3.63, 3.8) is 0 Å². The molecular weight excluding hydrogens is 244 g/mol. The highest BCUT2D eigenvalue weighted by Crippen LogP contribution is 1.79. The van der Waals surface area contributed by atoms with E-state index in [4.69, 9.17) is 0 Å². The molecule has 0 fully saturated rings. The molecule has 0 saturated heterocycles. The first-order chi connectivity index (χ1) is 8.91.